The molecule has 2 aromatic carbocycles. The van der Waals surface area contributed by atoms with E-state index in [1.165, 1.54) is 3.96 Å². The molecule has 0 spiro atoms. The monoisotopic (exact) mass is 393 g/mol. The molecule has 0 aliphatic carbocycles. The van der Waals surface area contributed by atoms with Crippen LogP contribution in [0.1, 0.15) is 11.1 Å². The van der Waals surface area contributed by atoms with Gasteiger partial charge in [-0.15, -0.1) is 0 Å². The van der Waals surface area contributed by atoms with Gasteiger partial charge in [-0.05, 0) is 52.8 Å². The smallest absolute Gasteiger partial charge is 0.360 e. The summed E-state index contributed by atoms with van der Waals surface area (Å²) in [5.41, 5.74) is 0.838. The lowest BCUT2D eigenvalue weighted by Crippen LogP contribution is -2.18. The lowest BCUT2D eigenvalue weighted by molar-refractivity contribution is -0.212. The molecule has 0 saturated heterocycles. The Kier molecular flexibility index (Phi) is 6.25. The molecule has 1 heterocycles. The zero-order valence-corrected chi connectivity index (χ0v) is 15.5. The van der Waals surface area contributed by atoms with Crippen molar-refractivity contribution >= 4 is 45.8 Å². The highest BCUT2D eigenvalue weighted by Crippen LogP contribution is 2.17. The van der Waals surface area contributed by atoms with Gasteiger partial charge in [-0.1, -0.05) is 47.5 Å². The minimum absolute atomic E-state index is 0. The third-order valence-electron chi connectivity index (χ3n) is 3.12. The number of halogens is 2. The Bertz CT molecular complexity index is 932. The molecule has 0 bridgehead atoms. The number of hydrogen-bond acceptors (Lipinski definition) is 5. The molecule has 1 aromatic heterocycles. The number of benzene rings is 2. The average Bonchev–Trinajstić information content (AvgIpc) is 2.89. The molecule has 0 unspecified atom stereocenters. The summed E-state index contributed by atoms with van der Waals surface area (Å²) in [7, 11) is 0. The van der Waals surface area contributed by atoms with Crippen LogP contribution in [-0.4, -0.2) is 14.8 Å². The molecule has 0 aliphatic heterocycles. The van der Waals surface area contributed by atoms with E-state index in [1.54, 1.807) is 36.4 Å². The van der Waals surface area contributed by atoms with Gasteiger partial charge in [0.15, 0.2) is 0 Å². The Morgan fingerprint density at radius 3 is 2.24 bits per heavy atom. The van der Waals surface area contributed by atoms with Crippen molar-refractivity contribution in [2.75, 3.05) is 0 Å². The van der Waals surface area contributed by atoms with E-state index in [0.717, 1.165) is 17.1 Å². The maximum absolute atomic E-state index is 12.1. The summed E-state index contributed by atoms with van der Waals surface area (Å²) in [6.07, 6.45) is 0. The topological polar surface area (TPSA) is 70.3 Å². The van der Waals surface area contributed by atoms with E-state index in [-0.39, 0.29) is 12.6 Å². The van der Waals surface area contributed by atoms with E-state index in [2.05, 4.69) is 9.98 Å². The quantitative estimate of drug-likeness (QED) is 0.386. The lowest BCUT2D eigenvalue weighted by Gasteiger charge is -2.09. The number of aliphatic imine (C=N–C) groups is 1. The molecule has 0 amide bonds. The van der Waals surface area contributed by atoms with Gasteiger partial charge in [-0.2, -0.15) is 4.98 Å². The second kappa shape index (κ2) is 8.20. The molecule has 0 atom stereocenters. The fourth-order valence-corrected chi connectivity index (χ4v) is 2.96. The van der Waals surface area contributed by atoms with E-state index < -0.39 is 11.6 Å². The van der Waals surface area contributed by atoms with Crippen molar-refractivity contribution in [3.05, 3.63) is 87.6 Å². The van der Waals surface area contributed by atoms with Crippen molar-refractivity contribution in [3.8, 4) is 0 Å². The second-order valence-corrected chi connectivity index (χ2v) is 6.72. The molecule has 0 radical (unpaired) electrons. The van der Waals surface area contributed by atoms with Crippen LogP contribution >= 0.6 is 34.7 Å². The minimum Gasteiger partial charge on any atom is -0.858 e. The first-order chi connectivity index (χ1) is 11.5. The van der Waals surface area contributed by atoms with Crippen LogP contribution in [-0.2, 0) is 6.54 Å². The standard InChI is InChI=1S/C16H11Cl2N3O2S.CH3/c17-12-5-1-10(2-6-12)9-21-16(23)20-15(24-21)19-14(22)11-3-7-13(18)8-4-11;/h1-8H,9H2,(H,19,20,22,23);1H3/q;+1/p-1. The SMILES string of the molecule is O=c1nc(N=C([O-])c2ccc(Cl)cc2)sn1Cc1ccc(Cl)cc1.[CH3+]. The molecule has 3 rings (SSSR count). The average molecular weight is 394 g/mol. The van der Waals surface area contributed by atoms with E-state index >= 15 is 0 Å². The third kappa shape index (κ3) is 4.85. The molecule has 128 valence electrons. The van der Waals surface area contributed by atoms with Gasteiger partial charge in [-0.25, -0.2) is 13.7 Å². The summed E-state index contributed by atoms with van der Waals surface area (Å²) < 4.78 is 1.43. The fraction of sp³-hybridized carbons (Fsp3) is 0.0588. The van der Waals surface area contributed by atoms with Crippen LogP contribution in [0.5, 0.6) is 0 Å². The third-order valence-corrected chi connectivity index (χ3v) is 4.48. The molecular weight excluding hydrogens is 381 g/mol. The van der Waals surface area contributed by atoms with E-state index in [4.69, 9.17) is 23.2 Å². The lowest BCUT2D eigenvalue weighted by atomic mass is 10.2. The van der Waals surface area contributed by atoms with Crippen LogP contribution in [0.4, 0.5) is 5.13 Å². The number of rotatable bonds is 4. The Morgan fingerprint density at radius 2 is 1.64 bits per heavy atom. The van der Waals surface area contributed by atoms with Crippen molar-refractivity contribution in [1.29, 1.82) is 0 Å². The highest BCUT2D eigenvalue weighted by atomic mass is 35.5. The number of nitrogens with zero attached hydrogens (tertiary/aromatic N) is 3. The molecule has 0 aliphatic rings. The second-order valence-electron chi connectivity index (χ2n) is 4.86. The molecule has 5 nitrogen and oxygen atoms in total. The molecule has 0 saturated carbocycles. The summed E-state index contributed by atoms with van der Waals surface area (Å²) in [6, 6.07) is 13.5. The molecule has 25 heavy (non-hydrogen) atoms. The van der Waals surface area contributed by atoms with Crippen LogP contribution in [0.15, 0.2) is 58.3 Å². The fourth-order valence-electron chi connectivity index (χ4n) is 1.94. The van der Waals surface area contributed by atoms with Crippen LogP contribution in [0.25, 0.3) is 0 Å². The van der Waals surface area contributed by atoms with Crippen molar-refractivity contribution in [2.45, 2.75) is 6.54 Å². The van der Waals surface area contributed by atoms with Gasteiger partial charge in [-0.3, -0.25) is 0 Å². The summed E-state index contributed by atoms with van der Waals surface area (Å²) >= 11 is 12.6. The maximum atomic E-state index is 12.1. The highest BCUT2D eigenvalue weighted by Gasteiger charge is 2.06. The predicted octanol–water partition coefficient (Wildman–Crippen LogP) is 3.55. The largest absolute Gasteiger partial charge is 0.858 e. The van der Waals surface area contributed by atoms with Crippen LogP contribution in [0.2, 0.25) is 10.0 Å². The van der Waals surface area contributed by atoms with Gasteiger partial charge in [0.1, 0.15) is 0 Å². The van der Waals surface area contributed by atoms with Gasteiger partial charge in [0, 0.05) is 17.5 Å². The molecular formula is C17H13Cl2N3O2S. The Balaban J connectivity index is 0.00000225. The Morgan fingerprint density at radius 1 is 1.08 bits per heavy atom. The van der Waals surface area contributed by atoms with Crippen molar-refractivity contribution in [1.82, 2.24) is 8.94 Å². The summed E-state index contributed by atoms with van der Waals surface area (Å²) in [5, 5.41) is 13.3. The van der Waals surface area contributed by atoms with Crippen LogP contribution in [0, 0.1) is 7.43 Å². The number of aromatic nitrogens is 2. The highest BCUT2D eigenvalue weighted by molar-refractivity contribution is 7.10. The molecule has 3 aromatic rings. The number of hydrogen-bond donors (Lipinski definition) is 0. The zero-order valence-electron chi connectivity index (χ0n) is 13.1. The minimum atomic E-state index is -0.473. The normalized spacial score (nSPS) is 11.2. The van der Waals surface area contributed by atoms with Gasteiger partial charge in [0.25, 0.3) is 0 Å². The van der Waals surface area contributed by atoms with Gasteiger partial charge in [0.2, 0.25) is 5.13 Å². The van der Waals surface area contributed by atoms with Crippen molar-refractivity contribution in [2.24, 2.45) is 4.99 Å². The van der Waals surface area contributed by atoms with Crippen molar-refractivity contribution in [3.63, 3.8) is 0 Å². The first-order valence-corrected chi connectivity index (χ1v) is 8.38. The Hall–Kier alpha value is -2.28. The maximum Gasteiger partial charge on any atom is 0.360 e. The molecule has 0 N–H and O–H groups in total. The van der Waals surface area contributed by atoms with Crippen LogP contribution < -0.4 is 10.8 Å². The van der Waals surface area contributed by atoms with Gasteiger partial charge < -0.3 is 5.11 Å². The zero-order chi connectivity index (χ0) is 17.1. The predicted molar refractivity (Wildman–Crippen MR) is 101 cm³/mol. The molecule has 0 fully saturated rings. The Labute approximate surface area is 159 Å². The summed E-state index contributed by atoms with van der Waals surface area (Å²) in [6.45, 7) is 0.346. The van der Waals surface area contributed by atoms with Gasteiger partial charge in [0.05, 0.1) is 6.54 Å². The van der Waals surface area contributed by atoms with E-state index in [9.17, 15) is 9.90 Å². The first-order valence-electron chi connectivity index (χ1n) is 6.85. The molecule has 8 heteroatoms. The first kappa shape index (κ1) is 19.1. The van der Waals surface area contributed by atoms with E-state index in [1.807, 2.05) is 12.1 Å². The van der Waals surface area contributed by atoms with Crippen LogP contribution in [0.3, 0.4) is 0 Å². The summed E-state index contributed by atoms with van der Waals surface area (Å²) in [5.74, 6) is -0.473. The van der Waals surface area contributed by atoms with Crippen molar-refractivity contribution < 1.29 is 5.11 Å². The summed E-state index contributed by atoms with van der Waals surface area (Å²) in [4.78, 5) is 19.6. The van der Waals surface area contributed by atoms with E-state index in [0.29, 0.717) is 22.2 Å². The van der Waals surface area contributed by atoms with Gasteiger partial charge >= 0.3 is 5.69 Å².